The van der Waals surface area contributed by atoms with Crippen LogP contribution < -0.4 is 4.74 Å². The van der Waals surface area contributed by atoms with Crippen molar-refractivity contribution in [2.75, 3.05) is 26.2 Å². The first-order valence-corrected chi connectivity index (χ1v) is 10.2. The Labute approximate surface area is 170 Å². The zero-order chi connectivity index (χ0) is 19.5. The highest BCUT2D eigenvalue weighted by molar-refractivity contribution is 5.95. The lowest BCUT2D eigenvalue weighted by Crippen LogP contribution is -2.33. The minimum atomic E-state index is 0.437. The summed E-state index contributed by atoms with van der Waals surface area (Å²) >= 11 is 0. The first-order valence-electron chi connectivity index (χ1n) is 10.2. The molecule has 1 aromatic heterocycles. The van der Waals surface area contributed by atoms with E-state index < -0.39 is 0 Å². The molecule has 0 spiro atoms. The molecule has 0 atom stereocenters. The lowest BCUT2D eigenvalue weighted by atomic mass is 9.89. The van der Waals surface area contributed by atoms with Gasteiger partial charge >= 0.3 is 0 Å². The molecule has 0 N–H and O–H groups in total. The molecule has 29 heavy (non-hydrogen) atoms. The summed E-state index contributed by atoms with van der Waals surface area (Å²) in [5.74, 6) is 8.74. The first-order chi connectivity index (χ1) is 14.4. The minimum Gasteiger partial charge on any atom is -0.487 e. The number of ether oxygens (including phenoxy) is 1. The smallest absolute Gasteiger partial charge is 0.206 e. The fraction of sp³-hybridized carbons (Fsp3) is 0.333. The zero-order valence-electron chi connectivity index (χ0n) is 16.3. The van der Waals surface area contributed by atoms with Crippen molar-refractivity contribution in [3.8, 4) is 17.6 Å². The van der Waals surface area contributed by atoms with Gasteiger partial charge in [-0.25, -0.2) is 4.99 Å². The lowest BCUT2D eigenvalue weighted by molar-refractivity contribution is 0.235. The molecule has 2 aliphatic rings. The summed E-state index contributed by atoms with van der Waals surface area (Å²) < 4.78 is 11.2. The molecule has 0 bridgehead atoms. The van der Waals surface area contributed by atoms with Gasteiger partial charge in [0.05, 0.1) is 6.54 Å². The van der Waals surface area contributed by atoms with Crippen molar-refractivity contribution in [1.82, 2.24) is 10.1 Å². The van der Waals surface area contributed by atoms with E-state index in [0.29, 0.717) is 30.3 Å². The summed E-state index contributed by atoms with van der Waals surface area (Å²) in [6.07, 6.45) is 4.77. The number of hydrogen-bond donors (Lipinski definition) is 0. The van der Waals surface area contributed by atoms with Crippen LogP contribution in [0.15, 0.2) is 52.0 Å². The van der Waals surface area contributed by atoms with E-state index in [0.717, 1.165) is 36.3 Å². The highest BCUT2D eigenvalue weighted by Crippen LogP contribution is 2.37. The SMILES string of the molecule is C(#CCN1CCC(c2ccccc2)CC1)Cc1ccc2onc3c2c1OCC=N3. The van der Waals surface area contributed by atoms with Crippen LogP contribution in [0.3, 0.4) is 0 Å². The van der Waals surface area contributed by atoms with Gasteiger partial charge in [-0.3, -0.25) is 4.90 Å². The third kappa shape index (κ3) is 3.76. The molecule has 3 heterocycles. The van der Waals surface area contributed by atoms with E-state index in [1.165, 1.54) is 18.4 Å². The number of rotatable bonds is 3. The number of likely N-dealkylation sites (tertiary alicyclic amines) is 1. The molecular weight excluding hydrogens is 362 g/mol. The van der Waals surface area contributed by atoms with Crippen LogP contribution in [0.4, 0.5) is 5.82 Å². The fourth-order valence-corrected chi connectivity index (χ4v) is 4.15. The summed E-state index contributed by atoms with van der Waals surface area (Å²) in [5.41, 5.74) is 3.23. The Balaban J connectivity index is 1.20. The Morgan fingerprint density at radius 1 is 1.03 bits per heavy atom. The van der Waals surface area contributed by atoms with E-state index in [-0.39, 0.29) is 0 Å². The highest BCUT2D eigenvalue weighted by Gasteiger charge is 2.20. The van der Waals surface area contributed by atoms with Crippen LogP contribution >= 0.6 is 0 Å². The van der Waals surface area contributed by atoms with Crippen LogP contribution in [0.1, 0.15) is 29.9 Å². The van der Waals surface area contributed by atoms with Crippen molar-refractivity contribution in [1.29, 1.82) is 0 Å². The molecule has 5 rings (SSSR count). The van der Waals surface area contributed by atoms with Crippen LogP contribution in [-0.2, 0) is 6.42 Å². The molecule has 5 heteroatoms. The van der Waals surface area contributed by atoms with E-state index in [2.05, 4.69) is 57.2 Å². The van der Waals surface area contributed by atoms with Gasteiger partial charge in [-0.2, -0.15) is 0 Å². The lowest BCUT2D eigenvalue weighted by Gasteiger charge is -2.30. The molecule has 2 aliphatic heterocycles. The third-order valence-electron chi connectivity index (χ3n) is 5.74. The summed E-state index contributed by atoms with van der Waals surface area (Å²) in [6.45, 7) is 3.47. The van der Waals surface area contributed by atoms with Gasteiger partial charge in [0, 0.05) is 18.2 Å². The van der Waals surface area contributed by atoms with Crippen LogP contribution in [0.25, 0.3) is 11.0 Å². The van der Waals surface area contributed by atoms with Crippen molar-refractivity contribution in [3.63, 3.8) is 0 Å². The van der Waals surface area contributed by atoms with Gasteiger partial charge in [-0.1, -0.05) is 53.4 Å². The average Bonchev–Trinajstić information content (AvgIpc) is 3.06. The molecule has 0 amide bonds. The molecule has 0 unspecified atom stereocenters. The Morgan fingerprint density at radius 3 is 2.76 bits per heavy atom. The second-order valence-corrected chi connectivity index (χ2v) is 7.55. The molecule has 0 saturated carbocycles. The zero-order valence-corrected chi connectivity index (χ0v) is 16.3. The Bertz CT molecular complexity index is 1080. The minimum absolute atomic E-state index is 0.437. The predicted molar refractivity (Wildman–Crippen MR) is 114 cm³/mol. The number of aromatic nitrogens is 1. The van der Waals surface area contributed by atoms with Gasteiger partial charge in [-0.15, -0.1) is 0 Å². The van der Waals surface area contributed by atoms with E-state index >= 15 is 0 Å². The molecule has 1 fully saturated rings. The Morgan fingerprint density at radius 2 is 1.90 bits per heavy atom. The molecule has 146 valence electrons. The van der Waals surface area contributed by atoms with Gasteiger partial charge in [0.1, 0.15) is 17.7 Å². The number of aliphatic imine (C=N–C) groups is 1. The Kier molecular flexibility index (Phi) is 5.02. The van der Waals surface area contributed by atoms with E-state index in [4.69, 9.17) is 9.26 Å². The maximum atomic E-state index is 5.88. The summed E-state index contributed by atoms with van der Waals surface area (Å²) in [6, 6.07) is 14.8. The Hall–Kier alpha value is -3.10. The van der Waals surface area contributed by atoms with Gasteiger partial charge in [-0.05, 0) is 43.5 Å². The van der Waals surface area contributed by atoms with E-state index in [9.17, 15) is 0 Å². The van der Waals surface area contributed by atoms with E-state index in [1.54, 1.807) is 6.21 Å². The normalized spacial score (nSPS) is 16.8. The van der Waals surface area contributed by atoms with Crippen molar-refractivity contribution >= 4 is 23.0 Å². The molecule has 1 saturated heterocycles. The average molecular weight is 385 g/mol. The van der Waals surface area contributed by atoms with Crippen LogP contribution in [-0.4, -0.2) is 42.5 Å². The second-order valence-electron chi connectivity index (χ2n) is 7.55. The van der Waals surface area contributed by atoms with Gasteiger partial charge in [0.25, 0.3) is 0 Å². The van der Waals surface area contributed by atoms with Crippen molar-refractivity contribution in [3.05, 3.63) is 53.6 Å². The standard InChI is InChI=1S/C24H23N3O2/c1-2-6-18(7-3-1)19-11-15-27(16-12-19)14-5-4-8-20-9-10-21-22-23(20)28-17-13-25-24(22)26-29-21/h1-3,6-7,9-10,13,19H,8,11-12,14-17H2. The number of benzene rings is 2. The second kappa shape index (κ2) is 8.10. The number of nitrogens with zero attached hydrogens (tertiary/aromatic N) is 3. The van der Waals surface area contributed by atoms with Crippen molar-refractivity contribution in [2.45, 2.75) is 25.2 Å². The predicted octanol–water partition coefficient (Wildman–Crippen LogP) is 4.35. The first kappa shape index (κ1) is 18.0. The van der Waals surface area contributed by atoms with Crippen LogP contribution in [0.5, 0.6) is 5.75 Å². The molecule has 5 nitrogen and oxygen atoms in total. The quantitative estimate of drug-likeness (QED) is 0.629. The molecule has 0 aliphatic carbocycles. The molecular formula is C24H23N3O2. The van der Waals surface area contributed by atoms with Gasteiger partial charge in [0.15, 0.2) is 5.58 Å². The largest absolute Gasteiger partial charge is 0.487 e. The highest BCUT2D eigenvalue weighted by atomic mass is 16.5. The summed E-state index contributed by atoms with van der Waals surface area (Å²) in [5, 5.41) is 4.87. The number of hydrogen-bond acceptors (Lipinski definition) is 5. The summed E-state index contributed by atoms with van der Waals surface area (Å²) in [7, 11) is 0. The molecule has 2 aromatic carbocycles. The summed E-state index contributed by atoms with van der Waals surface area (Å²) in [4.78, 5) is 6.75. The van der Waals surface area contributed by atoms with Crippen molar-refractivity contribution in [2.24, 2.45) is 4.99 Å². The fourth-order valence-electron chi connectivity index (χ4n) is 4.15. The van der Waals surface area contributed by atoms with Gasteiger partial charge < -0.3 is 9.26 Å². The van der Waals surface area contributed by atoms with E-state index in [1.807, 2.05) is 12.1 Å². The van der Waals surface area contributed by atoms with Crippen LogP contribution in [0, 0.1) is 11.8 Å². The maximum absolute atomic E-state index is 5.88. The molecule has 3 aromatic rings. The van der Waals surface area contributed by atoms with Crippen LogP contribution in [0.2, 0.25) is 0 Å². The van der Waals surface area contributed by atoms with Gasteiger partial charge in [0.2, 0.25) is 5.82 Å². The monoisotopic (exact) mass is 385 g/mol. The number of piperidine rings is 1. The van der Waals surface area contributed by atoms with Crippen molar-refractivity contribution < 1.29 is 9.26 Å². The maximum Gasteiger partial charge on any atom is 0.206 e. The third-order valence-corrected chi connectivity index (χ3v) is 5.74. The topological polar surface area (TPSA) is 50.9 Å². The molecule has 0 radical (unpaired) electrons.